The number of nitrogens with two attached hydrogens (primary N) is 1. The second kappa shape index (κ2) is 9.25. The molecule has 0 saturated heterocycles. The van der Waals surface area contributed by atoms with E-state index in [2.05, 4.69) is 32.6 Å². The van der Waals surface area contributed by atoms with Crippen LogP contribution >= 0.6 is 24.0 Å². The van der Waals surface area contributed by atoms with E-state index in [9.17, 15) is 0 Å². The lowest BCUT2D eigenvalue weighted by molar-refractivity contribution is 0.941. The lowest BCUT2D eigenvalue weighted by atomic mass is 10.0. The molecular formula is C20H21N5S2. The molecular weight excluding hydrogens is 374 g/mol. The summed E-state index contributed by atoms with van der Waals surface area (Å²) in [7, 11) is 0. The zero-order valence-electron chi connectivity index (χ0n) is 14.8. The summed E-state index contributed by atoms with van der Waals surface area (Å²) < 4.78 is 0. The largest absolute Gasteiger partial charge is 0.385 e. The Kier molecular flexibility index (Phi) is 6.51. The topological polar surface area (TPSA) is 74.5 Å². The van der Waals surface area contributed by atoms with Crippen LogP contribution in [0.5, 0.6) is 0 Å². The zero-order chi connectivity index (χ0) is 19.1. The van der Waals surface area contributed by atoms with Gasteiger partial charge in [-0.3, -0.25) is 5.43 Å². The van der Waals surface area contributed by atoms with Crippen molar-refractivity contribution in [3.63, 3.8) is 0 Å². The molecule has 0 spiro atoms. The van der Waals surface area contributed by atoms with Crippen LogP contribution in [0.4, 0.5) is 11.4 Å². The second-order valence-corrected chi connectivity index (χ2v) is 7.27. The van der Waals surface area contributed by atoms with E-state index in [4.69, 9.17) is 18.0 Å². The first-order valence-electron chi connectivity index (χ1n) is 8.44. The van der Waals surface area contributed by atoms with Gasteiger partial charge in [0.25, 0.3) is 0 Å². The van der Waals surface area contributed by atoms with Gasteiger partial charge in [0.15, 0.2) is 5.11 Å². The molecule has 2 aromatic rings. The van der Waals surface area contributed by atoms with E-state index in [-0.39, 0.29) is 5.92 Å². The molecule has 1 atom stereocenters. The molecule has 27 heavy (non-hydrogen) atoms. The average Bonchev–Trinajstić information content (AvgIpc) is 2.69. The molecule has 3 rings (SSSR count). The summed E-state index contributed by atoms with van der Waals surface area (Å²) in [5, 5.41) is 14.2. The van der Waals surface area contributed by atoms with Crippen molar-refractivity contribution in [3.05, 3.63) is 82.7 Å². The van der Waals surface area contributed by atoms with Crippen molar-refractivity contribution in [1.29, 1.82) is 0 Å². The molecule has 1 heterocycles. The monoisotopic (exact) mass is 395 g/mol. The van der Waals surface area contributed by atoms with Crippen LogP contribution in [-0.4, -0.2) is 10.9 Å². The van der Waals surface area contributed by atoms with Gasteiger partial charge in [-0.2, -0.15) is 5.10 Å². The van der Waals surface area contributed by atoms with Crippen LogP contribution in [0.25, 0.3) is 0 Å². The van der Waals surface area contributed by atoms with E-state index >= 15 is 0 Å². The van der Waals surface area contributed by atoms with Gasteiger partial charge in [0.1, 0.15) is 5.84 Å². The van der Waals surface area contributed by atoms with Crippen molar-refractivity contribution < 1.29 is 0 Å². The standard InChI is InChI=1S/C20H21N5S2/c1-14-13-27-18(22-15-8-4-2-5-9-15)12-17(14)19(21)24-25-20(26)23-16-10-6-3-7-11-16/h2-13,17,22H,1H3,(H2,21,24)(H2,23,25,26). The molecule has 1 unspecified atom stereocenters. The average molecular weight is 396 g/mol. The Morgan fingerprint density at radius 2 is 1.67 bits per heavy atom. The summed E-state index contributed by atoms with van der Waals surface area (Å²) in [5.74, 6) is 0.359. The molecule has 0 aliphatic carbocycles. The summed E-state index contributed by atoms with van der Waals surface area (Å²) in [4.78, 5) is 0. The van der Waals surface area contributed by atoms with Gasteiger partial charge in [0.2, 0.25) is 0 Å². The van der Waals surface area contributed by atoms with Crippen LogP contribution in [0.15, 0.2) is 87.9 Å². The Morgan fingerprint density at radius 3 is 2.33 bits per heavy atom. The lowest BCUT2D eigenvalue weighted by Gasteiger charge is -2.21. The van der Waals surface area contributed by atoms with Crippen molar-refractivity contribution in [2.45, 2.75) is 6.92 Å². The van der Waals surface area contributed by atoms with Crippen LogP contribution < -0.4 is 21.8 Å². The van der Waals surface area contributed by atoms with E-state index in [1.807, 2.05) is 67.6 Å². The number of anilines is 2. The maximum atomic E-state index is 6.21. The Balaban J connectivity index is 1.63. The summed E-state index contributed by atoms with van der Waals surface area (Å²) in [5.41, 5.74) is 12.1. The van der Waals surface area contributed by atoms with E-state index in [0.29, 0.717) is 10.9 Å². The molecule has 0 fully saturated rings. The van der Waals surface area contributed by atoms with Gasteiger partial charge in [-0.15, -0.1) is 0 Å². The molecule has 5 N–H and O–H groups in total. The number of amidine groups is 1. The minimum absolute atomic E-state index is 0.0931. The summed E-state index contributed by atoms with van der Waals surface area (Å²) in [6, 6.07) is 19.7. The van der Waals surface area contributed by atoms with Gasteiger partial charge in [-0.25, -0.2) is 0 Å². The van der Waals surface area contributed by atoms with Crippen molar-refractivity contribution in [2.24, 2.45) is 16.8 Å². The maximum Gasteiger partial charge on any atom is 0.191 e. The predicted octanol–water partition coefficient (Wildman–Crippen LogP) is 4.47. The number of para-hydroxylation sites is 2. The Labute approximate surface area is 168 Å². The van der Waals surface area contributed by atoms with Gasteiger partial charge in [0.05, 0.1) is 10.9 Å². The van der Waals surface area contributed by atoms with E-state index in [0.717, 1.165) is 22.0 Å². The third-order valence-corrected chi connectivity index (χ3v) is 5.03. The number of nitrogens with zero attached hydrogens (tertiary/aromatic N) is 1. The summed E-state index contributed by atoms with van der Waals surface area (Å²) >= 11 is 6.90. The summed E-state index contributed by atoms with van der Waals surface area (Å²) in [6.07, 6.45) is 2.07. The van der Waals surface area contributed by atoms with Crippen LogP contribution in [0.3, 0.4) is 0 Å². The Bertz CT molecular complexity index is 876. The fourth-order valence-electron chi connectivity index (χ4n) is 2.47. The highest BCUT2D eigenvalue weighted by molar-refractivity contribution is 8.06. The second-order valence-electron chi connectivity index (χ2n) is 5.95. The SMILES string of the molecule is CC1=CSC(Nc2ccccc2)=CC1/C(N)=N/NC(=S)Nc1ccccc1. The number of nitrogens with one attached hydrogen (secondary N) is 3. The highest BCUT2D eigenvalue weighted by Crippen LogP contribution is 2.31. The van der Waals surface area contributed by atoms with Gasteiger partial charge >= 0.3 is 0 Å². The van der Waals surface area contributed by atoms with E-state index in [1.54, 1.807) is 11.8 Å². The van der Waals surface area contributed by atoms with Crippen LogP contribution in [-0.2, 0) is 0 Å². The van der Waals surface area contributed by atoms with Gasteiger partial charge in [-0.05, 0) is 54.9 Å². The molecule has 1 aliphatic heterocycles. The summed E-state index contributed by atoms with van der Waals surface area (Å²) in [6.45, 7) is 2.04. The number of benzene rings is 2. The molecule has 5 nitrogen and oxygen atoms in total. The normalized spacial score (nSPS) is 16.8. The molecule has 138 valence electrons. The molecule has 2 aromatic carbocycles. The molecule has 0 aromatic heterocycles. The third kappa shape index (κ3) is 5.60. The van der Waals surface area contributed by atoms with Crippen molar-refractivity contribution in [1.82, 2.24) is 5.43 Å². The first kappa shape index (κ1) is 19.0. The highest BCUT2D eigenvalue weighted by Gasteiger charge is 2.19. The van der Waals surface area contributed by atoms with Crippen molar-refractivity contribution in [3.8, 4) is 0 Å². The minimum Gasteiger partial charge on any atom is -0.385 e. The van der Waals surface area contributed by atoms with Crippen LogP contribution in [0.2, 0.25) is 0 Å². The predicted molar refractivity (Wildman–Crippen MR) is 120 cm³/mol. The zero-order valence-corrected chi connectivity index (χ0v) is 16.5. The van der Waals surface area contributed by atoms with Crippen molar-refractivity contribution >= 4 is 46.3 Å². The van der Waals surface area contributed by atoms with Crippen LogP contribution in [0.1, 0.15) is 6.92 Å². The quantitative estimate of drug-likeness (QED) is 0.259. The molecule has 0 radical (unpaired) electrons. The highest BCUT2D eigenvalue weighted by atomic mass is 32.2. The Morgan fingerprint density at radius 1 is 1.04 bits per heavy atom. The molecule has 7 heteroatoms. The smallest absolute Gasteiger partial charge is 0.191 e. The number of hydrazone groups is 1. The lowest BCUT2D eigenvalue weighted by Crippen LogP contribution is -2.31. The molecule has 0 amide bonds. The fourth-order valence-corrected chi connectivity index (χ4v) is 3.49. The fraction of sp³-hybridized carbons (Fsp3) is 0.100. The first-order valence-corrected chi connectivity index (χ1v) is 9.73. The number of rotatable bonds is 5. The maximum absolute atomic E-state index is 6.21. The van der Waals surface area contributed by atoms with Gasteiger partial charge in [0, 0.05) is 11.4 Å². The van der Waals surface area contributed by atoms with Gasteiger partial charge in [-0.1, -0.05) is 53.7 Å². The van der Waals surface area contributed by atoms with E-state index < -0.39 is 0 Å². The van der Waals surface area contributed by atoms with E-state index in [1.165, 1.54) is 0 Å². The Hall–Kier alpha value is -2.77. The first-order chi connectivity index (χ1) is 13.1. The minimum atomic E-state index is -0.0931. The molecule has 1 aliphatic rings. The van der Waals surface area contributed by atoms with Crippen LogP contribution in [0, 0.1) is 5.92 Å². The van der Waals surface area contributed by atoms with Crippen molar-refractivity contribution in [2.75, 3.05) is 10.6 Å². The number of thiocarbonyl (C=S) groups is 1. The third-order valence-electron chi connectivity index (χ3n) is 3.86. The molecule has 0 saturated carbocycles. The number of hydrogen-bond donors (Lipinski definition) is 4. The molecule has 0 bridgehead atoms. The van der Waals surface area contributed by atoms with Gasteiger partial charge < -0.3 is 16.4 Å². The number of hydrogen-bond acceptors (Lipinski definition) is 4. The number of thioether (sulfide) groups is 1.